The third-order valence-corrected chi connectivity index (χ3v) is 2.56. The van der Waals surface area contributed by atoms with Crippen molar-refractivity contribution < 1.29 is 4.79 Å². The maximum atomic E-state index is 11.0. The highest BCUT2D eigenvalue weighted by Crippen LogP contribution is 2.22. The molecule has 1 aromatic carbocycles. The van der Waals surface area contributed by atoms with Crippen molar-refractivity contribution in [2.24, 2.45) is 5.73 Å². The van der Waals surface area contributed by atoms with Gasteiger partial charge in [0.1, 0.15) is 0 Å². The van der Waals surface area contributed by atoms with Crippen LogP contribution in [0.5, 0.6) is 0 Å². The van der Waals surface area contributed by atoms with Gasteiger partial charge in [-0.05, 0) is 36.8 Å². The molecule has 2 rings (SSSR count). The number of benzene rings is 1. The zero-order valence-electron chi connectivity index (χ0n) is 9.95. The molecule has 0 spiro atoms. The van der Waals surface area contributed by atoms with Gasteiger partial charge in [-0.25, -0.2) is 0 Å². The molecule has 0 aliphatic rings. The number of hydrogen-bond acceptors (Lipinski definition) is 3. The quantitative estimate of drug-likeness (QED) is 0.827. The Bertz CT molecular complexity index is 578. The van der Waals surface area contributed by atoms with Crippen LogP contribution in [0.4, 0.5) is 5.69 Å². The Morgan fingerprint density at radius 1 is 1.41 bits per heavy atom. The molecule has 0 unspecified atom stereocenters. The van der Waals surface area contributed by atoms with Crippen molar-refractivity contribution in [1.29, 1.82) is 0 Å². The van der Waals surface area contributed by atoms with Crippen LogP contribution < -0.4 is 11.1 Å². The summed E-state index contributed by atoms with van der Waals surface area (Å²) in [7, 11) is 0. The molecule has 0 bridgehead atoms. The van der Waals surface area contributed by atoms with E-state index in [1.54, 1.807) is 0 Å². The third-order valence-electron chi connectivity index (χ3n) is 2.56. The molecule has 0 aliphatic carbocycles. The largest absolute Gasteiger partial charge is 0.326 e. The van der Waals surface area contributed by atoms with Crippen LogP contribution in [0.1, 0.15) is 18.2 Å². The van der Waals surface area contributed by atoms with Crippen molar-refractivity contribution in [3.63, 3.8) is 0 Å². The second-order valence-electron chi connectivity index (χ2n) is 4.04. The second-order valence-corrected chi connectivity index (χ2v) is 4.04. The van der Waals surface area contributed by atoms with Gasteiger partial charge in [-0.15, -0.1) is 0 Å². The second kappa shape index (κ2) is 4.51. The van der Waals surface area contributed by atoms with Crippen LogP contribution in [-0.4, -0.2) is 10.9 Å². The standard InChI is InChI=1S/C13H15N3O/c1-8-5-10(7-14)12-6-11(16-9(2)17)3-4-13(12)15-8/h3-6H,7,14H2,1-2H3,(H,16,17). The molecule has 17 heavy (non-hydrogen) atoms. The first-order chi connectivity index (χ1) is 8.10. The van der Waals surface area contributed by atoms with Crippen molar-refractivity contribution >= 4 is 22.5 Å². The van der Waals surface area contributed by atoms with Crippen LogP contribution in [0.3, 0.4) is 0 Å². The summed E-state index contributed by atoms with van der Waals surface area (Å²) in [6.45, 7) is 3.89. The molecule has 0 atom stereocenters. The smallest absolute Gasteiger partial charge is 0.221 e. The van der Waals surface area contributed by atoms with Gasteiger partial charge in [0.25, 0.3) is 0 Å². The third kappa shape index (κ3) is 2.42. The zero-order valence-corrected chi connectivity index (χ0v) is 9.95. The van der Waals surface area contributed by atoms with E-state index in [1.807, 2.05) is 31.2 Å². The zero-order chi connectivity index (χ0) is 12.4. The minimum Gasteiger partial charge on any atom is -0.326 e. The number of amides is 1. The number of aromatic nitrogens is 1. The Hall–Kier alpha value is -1.94. The lowest BCUT2D eigenvalue weighted by molar-refractivity contribution is -0.114. The molecule has 0 radical (unpaired) electrons. The van der Waals surface area contributed by atoms with Crippen LogP contribution in [0.25, 0.3) is 10.9 Å². The maximum absolute atomic E-state index is 11.0. The van der Waals surface area contributed by atoms with E-state index in [-0.39, 0.29) is 5.91 Å². The van der Waals surface area contributed by atoms with E-state index >= 15 is 0 Å². The van der Waals surface area contributed by atoms with Gasteiger partial charge < -0.3 is 11.1 Å². The van der Waals surface area contributed by atoms with Crippen LogP contribution in [0, 0.1) is 6.92 Å². The van der Waals surface area contributed by atoms with Crippen LogP contribution in [-0.2, 0) is 11.3 Å². The van der Waals surface area contributed by atoms with Gasteiger partial charge in [-0.1, -0.05) is 0 Å². The Labute approximate surface area is 99.8 Å². The summed E-state index contributed by atoms with van der Waals surface area (Å²) in [6.07, 6.45) is 0. The number of carbonyl (C=O) groups is 1. The van der Waals surface area contributed by atoms with Gasteiger partial charge in [0.2, 0.25) is 5.91 Å². The molecular formula is C13H15N3O. The van der Waals surface area contributed by atoms with Crippen LogP contribution >= 0.6 is 0 Å². The highest BCUT2D eigenvalue weighted by molar-refractivity contribution is 5.93. The van der Waals surface area contributed by atoms with Crippen molar-refractivity contribution in [2.45, 2.75) is 20.4 Å². The minimum absolute atomic E-state index is 0.0845. The fraction of sp³-hybridized carbons (Fsp3) is 0.231. The van der Waals surface area contributed by atoms with E-state index in [2.05, 4.69) is 10.3 Å². The predicted octanol–water partition coefficient (Wildman–Crippen LogP) is 1.96. The first-order valence-corrected chi connectivity index (χ1v) is 5.48. The SMILES string of the molecule is CC(=O)Nc1ccc2nc(C)cc(CN)c2c1. The average molecular weight is 229 g/mol. The molecule has 1 amide bonds. The van der Waals surface area contributed by atoms with Gasteiger partial charge in [-0.2, -0.15) is 0 Å². The molecule has 2 aromatic rings. The molecule has 0 saturated carbocycles. The summed E-state index contributed by atoms with van der Waals surface area (Å²) in [5.74, 6) is -0.0845. The molecule has 3 N–H and O–H groups in total. The number of anilines is 1. The highest BCUT2D eigenvalue weighted by Gasteiger charge is 2.04. The summed E-state index contributed by atoms with van der Waals surface area (Å²) in [5.41, 5.74) is 9.38. The Morgan fingerprint density at radius 3 is 2.82 bits per heavy atom. The molecule has 4 nitrogen and oxygen atoms in total. The number of nitrogens with two attached hydrogens (primary N) is 1. The van der Waals surface area contributed by atoms with Crippen molar-refractivity contribution in [3.8, 4) is 0 Å². The lowest BCUT2D eigenvalue weighted by atomic mass is 10.1. The number of nitrogens with one attached hydrogen (secondary N) is 1. The highest BCUT2D eigenvalue weighted by atomic mass is 16.1. The lowest BCUT2D eigenvalue weighted by Crippen LogP contribution is -2.06. The summed E-state index contributed by atoms with van der Waals surface area (Å²) in [5, 5.41) is 3.75. The van der Waals surface area contributed by atoms with Gasteiger partial charge in [-0.3, -0.25) is 9.78 Å². The number of pyridine rings is 1. The molecule has 0 aliphatic heterocycles. The summed E-state index contributed by atoms with van der Waals surface area (Å²) < 4.78 is 0. The van der Waals surface area contributed by atoms with Gasteiger partial charge in [0.05, 0.1) is 5.52 Å². The molecule has 1 heterocycles. The maximum Gasteiger partial charge on any atom is 0.221 e. The first-order valence-electron chi connectivity index (χ1n) is 5.48. The monoisotopic (exact) mass is 229 g/mol. The fourth-order valence-corrected chi connectivity index (χ4v) is 1.89. The van der Waals surface area contributed by atoms with Crippen molar-refractivity contribution in [3.05, 3.63) is 35.5 Å². The van der Waals surface area contributed by atoms with Crippen LogP contribution in [0.15, 0.2) is 24.3 Å². The Kier molecular flexibility index (Phi) is 3.06. The van der Waals surface area contributed by atoms with Gasteiger partial charge in [0, 0.05) is 30.2 Å². The predicted molar refractivity (Wildman–Crippen MR) is 68.7 cm³/mol. The van der Waals surface area contributed by atoms with E-state index < -0.39 is 0 Å². The number of hydrogen-bond donors (Lipinski definition) is 2. The molecule has 88 valence electrons. The summed E-state index contributed by atoms with van der Waals surface area (Å²) in [4.78, 5) is 15.4. The Morgan fingerprint density at radius 2 is 2.18 bits per heavy atom. The average Bonchev–Trinajstić information content (AvgIpc) is 2.27. The van der Waals surface area contributed by atoms with Crippen LogP contribution in [0.2, 0.25) is 0 Å². The normalized spacial score (nSPS) is 10.5. The lowest BCUT2D eigenvalue weighted by Gasteiger charge is -2.08. The van der Waals surface area contributed by atoms with E-state index in [0.717, 1.165) is 27.8 Å². The summed E-state index contributed by atoms with van der Waals surface area (Å²) >= 11 is 0. The topological polar surface area (TPSA) is 68.0 Å². The van der Waals surface area contributed by atoms with E-state index in [1.165, 1.54) is 6.92 Å². The number of fused-ring (bicyclic) bond motifs is 1. The molecule has 0 fully saturated rings. The van der Waals surface area contributed by atoms with Gasteiger partial charge in [0.15, 0.2) is 0 Å². The number of carbonyl (C=O) groups excluding carboxylic acids is 1. The summed E-state index contributed by atoms with van der Waals surface area (Å²) in [6, 6.07) is 7.62. The van der Waals surface area contributed by atoms with E-state index in [4.69, 9.17) is 5.73 Å². The first kappa shape index (κ1) is 11.5. The fourth-order valence-electron chi connectivity index (χ4n) is 1.89. The number of rotatable bonds is 2. The molecular weight excluding hydrogens is 214 g/mol. The van der Waals surface area contributed by atoms with Gasteiger partial charge >= 0.3 is 0 Å². The minimum atomic E-state index is -0.0845. The Balaban J connectivity index is 2.59. The molecule has 1 aromatic heterocycles. The van der Waals surface area contributed by atoms with E-state index in [0.29, 0.717) is 6.54 Å². The molecule has 0 saturated heterocycles. The van der Waals surface area contributed by atoms with Crippen molar-refractivity contribution in [1.82, 2.24) is 4.98 Å². The number of nitrogens with zero attached hydrogens (tertiary/aromatic N) is 1. The molecule has 4 heteroatoms. The van der Waals surface area contributed by atoms with Crippen molar-refractivity contribution in [2.75, 3.05) is 5.32 Å². The van der Waals surface area contributed by atoms with E-state index in [9.17, 15) is 4.79 Å². The number of aryl methyl sites for hydroxylation is 1.